The molecule has 0 spiro atoms. The highest BCUT2D eigenvalue weighted by Gasteiger charge is 2.36. The van der Waals surface area contributed by atoms with Gasteiger partial charge in [-0.1, -0.05) is 39.7 Å². The molecule has 0 aliphatic rings. The maximum atomic E-state index is 12.2. The van der Waals surface area contributed by atoms with Crippen LogP contribution in [-0.2, 0) is 19.1 Å². The number of amides is 2. The Morgan fingerprint density at radius 1 is 1.07 bits per heavy atom. The summed E-state index contributed by atoms with van der Waals surface area (Å²) in [5.41, 5.74) is 10.1. The van der Waals surface area contributed by atoms with Gasteiger partial charge in [0.15, 0.2) is 0 Å². The van der Waals surface area contributed by atoms with Crippen LogP contribution in [0.5, 0.6) is 0 Å². The lowest BCUT2D eigenvalue weighted by atomic mass is 9.75. The van der Waals surface area contributed by atoms with E-state index in [-0.39, 0.29) is 12.3 Å². The smallest absolute Gasteiger partial charge is 0.333 e. The second kappa shape index (κ2) is 11.8. The summed E-state index contributed by atoms with van der Waals surface area (Å²) < 4.78 is 5.59. The van der Waals surface area contributed by atoms with Gasteiger partial charge < -0.3 is 26.4 Å². The van der Waals surface area contributed by atoms with Crippen molar-refractivity contribution in [2.75, 3.05) is 0 Å². The van der Waals surface area contributed by atoms with E-state index in [0.29, 0.717) is 24.8 Å². The summed E-state index contributed by atoms with van der Waals surface area (Å²) in [5, 5.41) is 19.4. The first-order valence-electron chi connectivity index (χ1n) is 9.60. The molecule has 0 aromatic rings. The summed E-state index contributed by atoms with van der Waals surface area (Å²) in [6.07, 6.45) is 0.552. The maximum absolute atomic E-state index is 12.2. The average molecular weight is 401 g/mol. The first-order valence-corrected chi connectivity index (χ1v) is 9.60. The molecule has 0 rings (SSSR count). The predicted octanol–water partition coefficient (Wildman–Crippen LogP) is 1.17. The minimum atomic E-state index is -1.41. The number of carbonyl (C=O) groups is 3. The van der Waals surface area contributed by atoms with E-state index in [1.54, 1.807) is 19.9 Å². The molecule has 2 amide bonds. The molecule has 0 aromatic heterocycles. The lowest BCUT2D eigenvalue weighted by Crippen LogP contribution is -2.41. The molecule has 0 saturated heterocycles. The van der Waals surface area contributed by atoms with E-state index in [9.17, 15) is 24.6 Å². The molecular weight excluding hydrogens is 364 g/mol. The number of aliphatic hydroxyl groups is 2. The molecule has 8 nitrogen and oxygen atoms in total. The van der Waals surface area contributed by atoms with Gasteiger partial charge in [0.2, 0.25) is 11.8 Å². The molecule has 0 aliphatic carbocycles. The van der Waals surface area contributed by atoms with Gasteiger partial charge in [0, 0.05) is 17.4 Å². The first kappa shape index (κ1) is 26.1. The average Bonchev–Trinajstić information content (AvgIpc) is 2.59. The molecule has 4 atom stereocenters. The van der Waals surface area contributed by atoms with Crippen molar-refractivity contribution in [3.63, 3.8) is 0 Å². The Morgan fingerprint density at radius 3 is 2.07 bits per heavy atom. The number of primary amides is 2. The molecule has 8 heteroatoms. The Bertz CT molecular complexity index is 573. The first-order chi connectivity index (χ1) is 12.8. The van der Waals surface area contributed by atoms with Gasteiger partial charge in [0.25, 0.3) is 0 Å². The summed E-state index contributed by atoms with van der Waals surface area (Å²) in [7, 11) is 0. The summed E-state index contributed by atoms with van der Waals surface area (Å²) in [6, 6.07) is 0. The molecule has 28 heavy (non-hydrogen) atoms. The number of nitrogens with two attached hydrogens (primary N) is 2. The molecule has 4 unspecified atom stereocenters. The molecule has 0 saturated carbocycles. The zero-order valence-electron chi connectivity index (χ0n) is 17.6. The number of rotatable bonds is 13. The van der Waals surface area contributed by atoms with Crippen LogP contribution < -0.4 is 11.5 Å². The fraction of sp³-hybridized carbons (Fsp3) is 0.750. The number of aliphatic hydroxyl groups excluding tert-OH is 2. The van der Waals surface area contributed by atoms with Crippen LogP contribution in [0.4, 0.5) is 0 Å². The zero-order valence-corrected chi connectivity index (χ0v) is 17.6. The van der Waals surface area contributed by atoms with Gasteiger partial charge in [-0.2, -0.15) is 0 Å². The minimum Gasteiger partial charge on any atom is -0.458 e. The normalized spacial score (nSPS) is 16.8. The van der Waals surface area contributed by atoms with Gasteiger partial charge in [-0.15, -0.1) is 0 Å². The van der Waals surface area contributed by atoms with Crippen molar-refractivity contribution in [3.05, 3.63) is 11.6 Å². The molecule has 162 valence electrons. The minimum absolute atomic E-state index is 0.0851. The molecule has 0 radical (unpaired) electrons. The number of carbonyl (C=O) groups excluding carboxylic acids is 3. The highest BCUT2D eigenvalue weighted by Crippen LogP contribution is 2.36. The van der Waals surface area contributed by atoms with Crippen molar-refractivity contribution in [1.82, 2.24) is 0 Å². The van der Waals surface area contributed by atoms with E-state index in [1.165, 1.54) is 0 Å². The van der Waals surface area contributed by atoms with Crippen LogP contribution in [0.25, 0.3) is 0 Å². The lowest BCUT2D eigenvalue weighted by molar-refractivity contribution is -0.155. The van der Waals surface area contributed by atoms with Crippen LogP contribution in [-0.4, -0.2) is 46.3 Å². The summed E-state index contributed by atoms with van der Waals surface area (Å²) in [6.45, 7) is 9.16. The number of ether oxygens (including phenoxy) is 1. The third-order valence-corrected chi connectivity index (χ3v) is 5.02. The zero-order chi connectivity index (χ0) is 22.1. The second-order valence-electron chi connectivity index (χ2n) is 8.17. The van der Waals surface area contributed by atoms with Gasteiger partial charge >= 0.3 is 5.97 Å². The number of allylic oxidation sites excluding steroid dienone is 1. The molecule has 0 heterocycles. The molecular formula is C20H36N2O6. The van der Waals surface area contributed by atoms with Gasteiger partial charge in [0.05, 0.1) is 0 Å². The fourth-order valence-electron chi connectivity index (χ4n) is 3.12. The predicted molar refractivity (Wildman–Crippen MR) is 106 cm³/mol. The van der Waals surface area contributed by atoms with Crippen LogP contribution >= 0.6 is 0 Å². The molecule has 0 bridgehead atoms. The highest BCUT2D eigenvalue weighted by molar-refractivity contribution is 5.87. The number of hydrogen-bond acceptors (Lipinski definition) is 6. The molecule has 6 N–H and O–H groups in total. The van der Waals surface area contributed by atoms with E-state index in [2.05, 4.69) is 0 Å². The third-order valence-electron chi connectivity index (χ3n) is 5.02. The Labute approximate surface area is 167 Å². The van der Waals surface area contributed by atoms with Crippen molar-refractivity contribution in [2.45, 2.75) is 85.0 Å². The van der Waals surface area contributed by atoms with E-state index in [0.717, 1.165) is 6.42 Å². The van der Waals surface area contributed by atoms with E-state index in [1.807, 2.05) is 20.8 Å². The monoisotopic (exact) mass is 400 g/mol. The highest BCUT2D eigenvalue weighted by atomic mass is 16.5. The van der Waals surface area contributed by atoms with Crippen molar-refractivity contribution in [1.29, 1.82) is 0 Å². The summed E-state index contributed by atoms with van der Waals surface area (Å²) in [4.78, 5) is 34.4. The quantitative estimate of drug-likeness (QED) is 0.269. The van der Waals surface area contributed by atoms with E-state index < -0.39 is 41.5 Å². The van der Waals surface area contributed by atoms with Crippen molar-refractivity contribution < 1.29 is 29.3 Å². The van der Waals surface area contributed by atoms with Crippen LogP contribution in [0.1, 0.15) is 66.7 Å². The van der Waals surface area contributed by atoms with E-state index >= 15 is 0 Å². The summed E-state index contributed by atoms with van der Waals surface area (Å²) >= 11 is 0. The SMILES string of the molecule is CC=C(C)C(=O)OC(CC(O)C(N)=O)C(C)(C)CC(C)CCCC(O)C(N)=O. The van der Waals surface area contributed by atoms with Crippen molar-refractivity contribution >= 4 is 17.8 Å². The van der Waals surface area contributed by atoms with Crippen LogP contribution in [0.3, 0.4) is 0 Å². The Hall–Kier alpha value is -1.93. The second-order valence-corrected chi connectivity index (χ2v) is 8.17. The maximum Gasteiger partial charge on any atom is 0.333 e. The van der Waals surface area contributed by atoms with Crippen LogP contribution in [0.2, 0.25) is 0 Å². The Morgan fingerprint density at radius 2 is 1.61 bits per heavy atom. The van der Waals surface area contributed by atoms with Crippen LogP contribution in [0.15, 0.2) is 11.6 Å². The van der Waals surface area contributed by atoms with Crippen LogP contribution in [0, 0.1) is 11.3 Å². The standard InChI is InChI=1S/C20H36N2O6/c1-6-13(3)19(27)28-16(10-15(24)18(22)26)20(4,5)11-12(2)8-7-9-14(23)17(21)25/h6,12,14-16,23-24H,7-11H2,1-5H3,(H2,21,25)(H2,22,26). The molecule has 0 aliphatic heterocycles. The Balaban J connectivity index is 5.08. The Kier molecular flexibility index (Phi) is 11.0. The molecule has 0 aromatic carbocycles. The van der Waals surface area contributed by atoms with Gasteiger partial charge in [0.1, 0.15) is 18.3 Å². The van der Waals surface area contributed by atoms with Gasteiger partial charge in [-0.3, -0.25) is 9.59 Å². The largest absolute Gasteiger partial charge is 0.458 e. The lowest BCUT2D eigenvalue weighted by Gasteiger charge is -2.36. The van der Waals surface area contributed by atoms with Gasteiger partial charge in [-0.05, 0) is 32.6 Å². The topological polar surface area (TPSA) is 153 Å². The summed E-state index contributed by atoms with van der Waals surface area (Å²) in [5.74, 6) is -1.92. The number of hydrogen-bond donors (Lipinski definition) is 4. The molecule has 0 fully saturated rings. The van der Waals surface area contributed by atoms with Gasteiger partial charge in [-0.25, -0.2) is 4.79 Å². The van der Waals surface area contributed by atoms with Crippen molar-refractivity contribution in [2.24, 2.45) is 22.8 Å². The van der Waals surface area contributed by atoms with E-state index in [4.69, 9.17) is 16.2 Å². The number of esters is 1. The third kappa shape index (κ3) is 9.32. The van der Waals surface area contributed by atoms with Crippen molar-refractivity contribution in [3.8, 4) is 0 Å². The fourth-order valence-corrected chi connectivity index (χ4v) is 3.12.